The Labute approximate surface area is 111 Å². The molecule has 1 aromatic heterocycles. The topological polar surface area (TPSA) is 68.1 Å². The Morgan fingerprint density at radius 2 is 2.33 bits per heavy atom. The van der Waals surface area contributed by atoms with Crippen LogP contribution in [0.5, 0.6) is 0 Å². The van der Waals surface area contributed by atoms with Gasteiger partial charge in [0.2, 0.25) is 0 Å². The molecule has 0 aromatic carbocycles. The molecule has 0 amide bonds. The molecule has 0 saturated heterocycles. The molecule has 5 nitrogen and oxygen atoms in total. The lowest BCUT2D eigenvalue weighted by Crippen LogP contribution is -2.36. The van der Waals surface area contributed by atoms with Crippen molar-refractivity contribution in [1.82, 2.24) is 4.98 Å². The molecule has 0 atom stereocenters. The fraction of sp³-hybridized carbons (Fsp3) is 0.583. The molecule has 98 valence electrons. The number of hydrogen-bond acceptors (Lipinski definition) is 4. The lowest BCUT2D eigenvalue weighted by atomic mass is 9.67. The zero-order valence-corrected chi connectivity index (χ0v) is 11.0. The molecule has 2 rings (SSSR count). The first-order chi connectivity index (χ1) is 8.56. The minimum atomic E-state index is -0.498. The van der Waals surface area contributed by atoms with Gasteiger partial charge in [-0.3, -0.25) is 10.1 Å². The van der Waals surface area contributed by atoms with E-state index in [1.807, 2.05) is 0 Å². The Kier molecular flexibility index (Phi) is 3.71. The average Bonchev–Trinajstić information content (AvgIpc) is 2.29. The molecule has 1 heterocycles. The number of rotatable bonds is 5. The van der Waals surface area contributed by atoms with Crippen LogP contribution in [0.2, 0.25) is 5.02 Å². The predicted molar refractivity (Wildman–Crippen MR) is 71.0 cm³/mol. The van der Waals surface area contributed by atoms with Gasteiger partial charge in [0.1, 0.15) is 12.0 Å². The van der Waals surface area contributed by atoms with E-state index in [0.29, 0.717) is 16.3 Å². The number of halogens is 1. The van der Waals surface area contributed by atoms with Crippen molar-refractivity contribution >= 4 is 23.1 Å². The van der Waals surface area contributed by atoms with Gasteiger partial charge in [-0.1, -0.05) is 24.9 Å². The molecule has 1 fully saturated rings. The van der Waals surface area contributed by atoms with Gasteiger partial charge in [0, 0.05) is 12.6 Å². The number of aromatic nitrogens is 1. The van der Waals surface area contributed by atoms with Gasteiger partial charge in [-0.15, -0.1) is 0 Å². The van der Waals surface area contributed by atoms with Crippen molar-refractivity contribution < 1.29 is 4.92 Å². The maximum absolute atomic E-state index is 10.6. The highest BCUT2D eigenvalue weighted by Gasteiger charge is 2.34. The minimum Gasteiger partial charge on any atom is -0.368 e. The number of pyridine rings is 1. The van der Waals surface area contributed by atoms with Crippen molar-refractivity contribution in [1.29, 1.82) is 0 Å². The van der Waals surface area contributed by atoms with E-state index in [1.54, 1.807) is 0 Å². The number of anilines is 1. The molecular formula is C12H16ClN3O2. The van der Waals surface area contributed by atoms with Crippen LogP contribution in [0.1, 0.15) is 32.6 Å². The van der Waals surface area contributed by atoms with Gasteiger partial charge < -0.3 is 5.32 Å². The van der Waals surface area contributed by atoms with Crippen LogP contribution in [-0.2, 0) is 0 Å². The van der Waals surface area contributed by atoms with Gasteiger partial charge in [0.05, 0.1) is 9.95 Å². The van der Waals surface area contributed by atoms with E-state index in [-0.39, 0.29) is 5.69 Å². The van der Waals surface area contributed by atoms with E-state index in [9.17, 15) is 10.1 Å². The molecule has 1 aliphatic rings. The summed E-state index contributed by atoms with van der Waals surface area (Å²) in [6.45, 7) is 3.01. The van der Waals surface area contributed by atoms with Gasteiger partial charge in [0.15, 0.2) is 0 Å². The third-order valence-corrected chi connectivity index (χ3v) is 4.12. The van der Waals surface area contributed by atoms with E-state index in [0.717, 1.165) is 13.0 Å². The third kappa shape index (κ3) is 2.56. The summed E-state index contributed by atoms with van der Waals surface area (Å²) in [7, 11) is 0. The van der Waals surface area contributed by atoms with E-state index < -0.39 is 4.92 Å². The van der Waals surface area contributed by atoms with Gasteiger partial charge in [-0.2, -0.15) is 0 Å². The van der Waals surface area contributed by atoms with Gasteiger partial charge in [-0.25, -0.2) is 4.98 Å². The highest BCUT2D eigenvalue weighted by atomic mass is 35.5. The van der Waals surface area contributed by atoms with Gasteiger partial charge in [-0.05, 0) is 24.7 Å². The predicted octanol–water partition coefficient (Wildman–Crippen LogP) is 3.64. The Morgan fingerprint density at radius 1 is 1.61 bits per heavy atom. The monoisotopic (exact) mass is 269 g/mol. The van der Waals surface area contributed by atoms with Crippen LogP contribution in [0.15, 0.2) is 12.3 Å². The summed E-state index contributed by atoms with van der Waals surface area (Å²) in [6.07, 6.45) is 6.08. The zero-order chi connectivity index (χ0) is 13.2. The summed E-state index contributed by atoms with van der Waals surface area (Å²) in [6, 6.07) is 1.33. The maximum Gasteiger partial charge on any atom is 0.289 e. The Morgan fingerprint density at radius 3 is 2.78 bits per heavy atom. The summed E-state index contributed by atoms with van der Waals surface area (Å²) < 4.78 is 0. The molecule has 0 unspecified atom stereocenters. The first-order valence-electron chi connectivity index (χ1n) is 6.10. The molecule has 0 bridgehead atoms. The van der Waals surface area contributed by atoms with Crippen LogP contribution in [0.25, 0.3) is 0 Å². The third-order valence-electron chi connectivity index (χ3n) is 3.83. The summed E-state index contributed by atoms with van der Waals surface area (Å²) in [5, 5.41) is 14.1. The van der Waals surface area contributed by atoms with Crippen LogP contribution < -0.4 is 5.32 Å². The molecule has 0 aliphatic heterocycles. The fourth-order valence-corrected chi connectivity index (χ4v) is 2.49. The Hall–Kier alpha value is -1.36. The summed E-state index contributed by atoms with van der Waals surface area (Å²) in [5.41, 5.74) is 0.270. The molecule has 0 spiro atoms. The van der Waals surface area contributed by atoms with Gasteiger partial charge >= 0.3 is 0 Å². The largest absolute Gasteiger partial charge is 0.368 e. The average molecular weight is 270 g/mol. The first-order valence-corrected chi connectivity index (χ1v) is 6.48. The van der Waals surface area contributed by atoms with Crippen LogP contribution in [-0.4, -0.2) is 16.5 Å². The fourth-order valence-electron chi connectivity index (χ4n) is 2.26. The lowest BCUT2D eigenvalue weighted by molar-refractivity contribution is -0.385. The Bertz CT molecular complexity index is 455. The number of nitrogens with zero attached hydrogens (tertiary/aromatic N) is 2. The lowest BCUT2D eigenvalue weighted by Gasteiger charge is -2.41. The molecule has 1 saturated carbocycles. The number of hydrogen-bond donors (Lipinski definition) is 1. The first kappa shape index (κ1) is 13.1. The zero-order valence-electron chi connectivity index (χ0n) is 10.3. The summed E-state index contributed by atoms with van der Waals surface area (Å²) >= 11 is 5.98. The van der Waals surface area contributed by atoms with Crippen molar-refractivity contribution in [3.8, 4) is 0 Å². The second kappa shape index (κ2) is 5.10. The summed E-state index contributed by atoms with van der Waals surface area (Å²) in [5.74, 6) is 0.530. The highest BCUT2D eigenvalue weighted by Crippen LogP contribution is 2.43. The van der Waals surface area contributed by atoms with Crippen molar-refractivity contribution in [3.05, 3.63) is 27.4 Å². The van der Waals surface area contributed by atoms with Crippen molar-refractivity contribution in [2.75, 3.05) is 11.9 Å². The highest BCUT2D eigenvalue weighted by molar-refractivity contribution is 6.33. The quantitative estimate of drug-likeness (QED) is 0.655. The standard InChI is InChI=1S/C12H16ClN3O2/c1-2-12(4-3-5-12)8-15-11-10(13)6-9(7-14-11)16(17)18/h6-7H,2-5,8H2,1H3,(H,14,15). The van der Waals surface area contributed by atoms with Crippen molar-refractivity contribution in [2.24, 2.45) is 5.41 Å². The molecular weight excluding hydrogens is 254 g/mol. The second-order valence-electron chi connectivity index (χ2n) is 4.84. The van der Waals surface area contributed by atoms with E-state index in [2.05, 4.69) is 17.2 Å². The van der Waals surface area contributed by atoms with Crippen LogP contribution in [0.4, 0.5) is 11.5 Å². The van der Waals surface area contributed by atoms with Crippen LogP contribution >= 0.6 is 11.6 Å². The molecule has 1 aromatic rings. The smallest absolute Gasteiger partial charge is 0.289 e. The maximum atomic E-state index is 10.6. The number of nitrogens with one attached hydrogen (secondary N) is 1. The normalized spacial score (nSPS) is 17.0. The van der Waals surface area contributed by atoms with Crippen LogP contribution in [0, 0.1) is 15.5 Å². The SMILES string of the molecule is CCC1(CNc2ncc([N+](=O)[O-])cc2Cl)CCC1. The van der Waals surface area contributed by atoms with Crippen LogP contribution in [0.3, 0.4) is 0 Å². The molecule has 6 heteroatoms. The molecule has 1 aliphatic carbocycles. The molecule has 1 N–H and O–H groups in total. The van der Waals surface area contributed by atoms with Crippen molar-refractivity contribution in [3.63, 3.8) is 0 Å². The minimum absolute atomic E-state index is 0.0839. The Balaban J connectivity index is 2.03. The van der Waals surface area contributed by atoms with E-state index in [1.165, 1.54) is 31.5 Å². The van der Waals surface area contributed by atoms with Gasteiger partial charge in [0.25, 0.3) is 5.69 Å². The molecule has 18 heavy (non-hydrogen) atoms. The van der Waals surface area contributed by atoms with E-state index in [4.69, 9.17) is 11.6 Å². The van der Waals surface area contributed by atoms with E-state index >= 15 is 0 Å². The second-order valence-corrected chi connectivity index (χ2v) is 5.25. The van der Waals surface area contributed by atoms with Crippen molar-refractivity contribution in [2.45, 2.75) is 32.6 Å². The number of nitro groups is 1. The summed E-state index contributed by atoms with van der Waals surface area (Å²) in [4.78, 5) is 14.1. The molecule has 0 radical (unpaired) electrons.